The SMILES string of the molecule is C=C1COC(OC)C1c1ccccc1. The number of benzene rings is 1. The van der Waals surface area contributed by atoms with Crippen LogP contribution >= 0.6 is 0 Å². The van der Waals surface area contributed by atoms with Gasteiger partial charge in [0.25, 0.3) is 0 Å². The zero-order chi connectivity index (χ0) is 9.97. The van der Waals surface area contributed by atoms with Crippen molar-refractivity contribution < 1.29 is 9.47 Å². The summed E-state index contributed by atoms with van der Waals surface area (Å²) in [6.07, 6.45) is -0.176. The number of hydrogen-bond donors (Lipinski definition) is 0. The van der Waals surface area contributed by atoms with Gasteiger partial charge in [0.1, 0.15) is 0 Å². The molecule has 0 N–H and O–H groups in total. The Morgan fingerprint density at radius 3 is 2.71 bits per heavy atom. The van der Waals surface area contributed by atoms with Crippen LogP contribution in [0.1, 0.15) is 11.5 Å². The number of methoxy groups -OCH3 is 1. The van der Waals surface area contributed by atoms with Crippen molar-refractivity contribution in [3.05, 3.63) is 48.0 Å². The summed E-state index contributed by atoms with van der Waals surface area (Å²) in [6.45, 7) is 4.60. The van der Waals surface area contributed by atoms with Gasteiger partial charge in [0.2, 0.25) is 0 Å². The molecule has 1 aromatic carbocycles. The van der Waals surface area contributed by atoms with Gasteiger partial charge in [0.15, 0.2) is 6.29 Å². The maximum absolute atomic E-state index is 5.46. The highest BCUT2D eigenvalue weighted by Gasteiger charge is 2.32. The van der Waals surface area contributed by atoms with E-state index in [1.54, 1.807) is 7.11 Å². The second-order valence-electron chi connectivity index (χ2n) is 3.46. The van der Waals surface area contributed by atoms with Crippen LogP contribution in [0.2, 0.25) is 0 Å². The largest absolute Gasteiger partial charge is 0.355 e. The summed E-state index contributed by atoms with van der Waals surface area (Å²) < 4.78 is 10.7. The van der Waals surface area contributed by atoms with E-state index in [1.807, 2.05) is 18.2 Å². The van der Waals surface area contributed by atoms with Crippen molar-refractivity contribution in [3.8, 4) is 0 Å². The first-order chi connectivity index (χ1) is 6.83. The Morgan fingerprint density at radius 1 is 1.36 bits per heavy atom. The van der Waals surface area contributed by atoms with Crippen LogP contribution in [0.15, 0.2) is 42.5 Å². The van der Waals surface area contributed by atoms with E-state index in [2.05, 4.69) is 18.7 Å². The van der Waals surface area contributed by atoms with Crippen LogP contribution in [0.3, 0.4) is 0 Å². The highest BCUT2D eigenvalue weighted by Crippen LogP contribution is 2.34. The molecular weight excluding hydrogens is 176 g/mol. The summed E-state index contributed by atoms with van der Waals surface area (Å²) >= 11 is 0. The zero-order valence-corrected chi connectivity index (χ0v) is 8.27. The van der Waals surface area contributed by atoms with Gasteiger partial charge in [-0.3, -0.25) is 0 Å². The lowest BCUT2D eigenvalue weighted by atomic mass is 9.94. The van der Waals surface area contributed by atoms with Gasteiger partial charge in [-0.25, -0.2) is 0 Å². The van der Waals surface area contributed by atoms with E-state index in [0.717, 1.165) is 5.57 Å². The molecule has 14 heavy (non-hydrogen) atoms. The molecule has 2 nitrogen and oxygen atoms in total. The molecule has 2 rings (SSSR count). The summed E-state index contributed by atoms with van der Waals surface area (Å²) in [6, 6.07) is 10.2. The van der Waals surface area contributed by atoms with Gasteiger partial charge in [0, 0.05) is 7.11 Å². The van der Waals surface area contributed by atoms with E-state index in [0.29, 0.717) is 6.61 Å². The summed E-state index contributed by atoms with van der Waals surface area (Å²) in [4.78, 5) is 0. The molecule has 0 saturated carbocycles. The van der Waals surface area contributed by atoms with E-state index >= 15 is 0 Å². The first-order valence-electron chi connectivity index (χ1n) is 4.70. The van der Waals surface area contributed by atoms with Crippen LogP contribution in [-0.4, -0.2) is 20.0 Å². The molecule has 0 aromatic heterocycles. The molecule has 1 aromatic rings. The zero-order valence-electron chi connectivity index (χ0n) is 8.27. The summed E-state index contributed by atoms with van der Waals surface area (Å²) in [5, 5.41) is 0. The molecule has 0 amide bonds. The Morgan fingerprint density at radius 2 is 2.07 bits per heavy atom. The van der Waals surface area contributed by atoms with Crippen LogP contribution in [0.5, 0.6) is 0 Å². The molecule has 1 aliphatic rings. The molecule has 2 atom stereocenters. The van der Waals surface area contributed by atoms with Crippen LogP contribution in [0.4, 0.5) is 0 Å². The summed E-state index contributed by atoms with van der Waals surface area (Å²) in [5.41, 5.74) is 2.30. The van der Waals surface area contributed by atoms with Crippen molar-refractivity contribution in [1.82, 2.24) is 0 Å². The van der Waals surface area contributed by atoms with Crippen molar-refractivity contribution in [2.45, 2.75) is 12.2 Å². The van der Waals surface area contributed by atoms with Gasteiger partial charge in [-0.15, -0.1) is 0 Å². The number of rotatable bonds is 2. The summed E-state index contributed by atoms with van der Waals surface area (Å²) in [7, 11) is 1.67. The monoisotopic (exact) mass is 190 g/mol. The molecule has 0 radical (unpaired) electrons. The Labute approximate surface area is 84.2 Å². The summed E-state index contributed by atoms with van der Waals surface area (Å²) in [5.74, 6) is 0.182. The third-order valence-electron chi connectivity index (χ3n) is 2.54. The van der Waals surface area contributed by atoms with Gasteiger partial charge in [0.05, 0.1) is 12.5 Å². The van der Waals surface area contributed by atoms with Gasteiger partial charge in [-0.2, -0.15) is 0 Å². The molecular formula is C12H14O2. The lowest BCUT2D eigenvalue weighted by molar-refractivity contribution is -0.0963. The van der Waals surface area contributed by atoms with Crippen molar-refractivity contribution >= 4 is 0 Å². The van der Waals surface area contributed by atoms with Gasteiger partial charge < -0.3 is 9.47 Å². The molecule has 1 fully saturated rings. The predicted molar refractivity (Wildman–Crippen MR) is 55.1 cm³/mol. The van der Waals surface area contributed by atoms with E-state index in [1.165, 1.54) is 5.56 Å². The van der Waals surface area contributed by atoms with E-state index in [-0.39, 0.29) is 12.2 Å². The quantitative estimate of drug-likeness (QED) is 0.666. The fourth-order valence-electron chi connectivity index (χ4n) is 1.82. The normalized spacial score (nSPS) is 26.8. The van der Waals surface area contributed by atoms with Crippen LogP contribution in [0, 0.1) is 0 Å². The van der Waals surface area contributed by atoms with Crippen molar-refractivity contribution in [2.75, 3.05) is 13.7 Å². The molecule has 74 valence electrons. The third-order valence-corrected chi connectivity index (χ3v) is 2.54. The number of hydrogen-bond acceptors (Lipinski definition) is 2. The van der Waals surface area contributed by atoms with Crippen molar-refractivity contribution in [2.24, 2.45) is 0 Å². The predicted octanol–water partition coefficient (Wildman–Crippen LogP) is 2.33. The van der Waals surface area contributed by atoms with E-state index in [4.69, 9.17) is 9.47 Å². The molecule has 2 heteroatoms. The van der Waals surface area contributed by atoms with Crippen molar-refractivity contribution in [1.29, 1.82) is 0 Å². The van der Waals surface area contributed by atoms with Gasteiger partial charge >= 0.3 is 0 Å². The van der Waals surface area contributed by atoms with Crippen LogP contribution in [-0.2, 0) is 9.47 Å². The first-order valence-corrected chi connectivity index (χ1v) is 4.70. The molecule has 0 aliphatic carbocycles. The Kier molecular flexibility index (Phi) is 2.66. The molecule has 1 saturated heterocycles. The number of ether oxygens (including phenoxy) is 2. The smallest absolute Gasteiger partial charge is 0.168 e. The van der Waals surface area contributed by atoms with Gasteiger partial charge in [-0.05, 0) is 11.1 Å². The molecule has 0 spiro atoms. The minimum atomic E-state index is -0.176. The van der Waals surface area contributed by atoms with Gasteiger partial charge in [-0.1, -0.05) is 36.9 Å². The average molecular weight is 190 g/mol. The first kappa shape index (κ1) is 9.44. The Hall–Kier alpha value is -1.12. The lowest BCUT2D eigenvalue weighted by Gasteiger charge is -2.17. The maximum atomic E-state index is 5.46. The Bertz CT molecular complexity index is 318. The van der Waals surface area contributed by atoms with Crippen LogP contribution < -0.4 is 0 Å². The molecule has 1 heterocycles. The Balaban J connectivity index is 2.28. The minimum Gasteiger partial charge on any atom is -0.355 e. The van der Waals surface area contributed by atoms with Crippen molar-refractivity contribution in [3.63, 3.8) is 0 Å². The van der Waals surface area contributed by atoms with E-state index < -0.39 is 0 Å². The highest BCUT2D eigenvalue weighted by atomic mass is 16.7. The molecule has 2 unspecified atom stereocenters. The topological polar surface area (TPSA) is 18.5 Å². The third kappa shape index (κ3) is 1.59. The molecule has 0 bridgehead atoms. The standard InChI is InChI=1S/C12H14O2/c1-9-8-14-12(13-2)11(9)10-6-4-3-5-7-10/h3-7,11-12H,1,8H2,2H3. The maximum Gasteiger partial charge on any atom is 0.168 e. The minimum absolute atomic E-state index is 0.176. The second-order valence-corrected chi connectivity index (χ2v) is 3.46. The van der Waals surface area contributed by atoms with Crippen LogP contribution in [0.25, 0.3) is 0 Å². The molecule has 1 aliphatic heterocycles. The fraction of sp³-hybridized carbons (Fsp3) is 0.333. The average Bonchev–Trinajstić information content (AvgIpc) is 2.61. The lowest BCUT2D eigenvalue weighted by Crippen LogP contribution is -2.16. The second kappa shape index (κ2) is 3.95. The highest BCUT2D eigenvalue weighted by molar-refractivity contribution is 5.30. The fourth-order valence-corrected chi connectivity index (χ4v) is 1.82. The van der Waals surface area contributed by atoms with E-state index in [9.17, 15) is 0 Å².